The smallest absolute Gasteiger partial charge is 0.434 e. The van der Waals surface area contributed by atoms with E-state index in [1.807, 2.05) is 0 Å². The summed E-state index contributed by atoms with van der Waals surface area (Å²) >= 11 is 4.78. The van der Waals surface area contributed by atoms with Crippen LogP contribution in [0.15, 0.2) is 29.0 Å². The second-order valence-electron chi connectivity index (χ2n) is 3.68. The fraction of sp³-hybridized carbons (Fsp3) is 0.182. The van der Waals surface area contributed by atoms with Gasteiger partial charge in [-0.15, -0.1) is 0 Å². The van der Waals surface area contributed by atoms with E-state index in [2.05, 4.69) is 30.7 Å². The van der Waals surface area contributed by atoms with E-state index in [4.69, 9.17) is 0 Å². The number of carbonyl (C=O) groups is 1. The highest BCUT2D eigenvalue weighted by Gasteiger charge is 2.41. The molecule has 0 bridgehead atoms. The van der Waals surface area contributed by atoms with Crippen LogP contribution in [0.1, 0.15) is 16.1 Å². The third kappa shape index (κ3) is 3.54. The van der Waals surface area contributed by atoms with Crippen LogP contribution in [0.3, 0.4) is 0 Å². The molecule has 112 valence electrons. The van der Waals surface area contributed by atoms with E-state index < -0.39 is 23.4 Å². The van der Waals surface area contributed by atoms with Gasteiger partial charge in [0.25, 0.3) is 0 Å². The van der Waals surface area contributed by atoms with Gasteiger partial charge in [0.1, 0.15) is 14.8 Å². The van der Waals surface area contributed by atoms with E-state index in [-0.39, 0.29) is 10.4 Å². The second kappa shape index (κ2) is 6.30. The molecule has 5 nitrogen and oxygen atoms in total. The lowest BCUT2D eigenvalue weighted by atomic mass is 10.2. The summed E-state index contributed by atoms with van der Waals surface area (Å²) in [7, 11) is 0. The van der Waals surface area contributed by atoms with Crippen LogP contribution >= 0.6 is 38.5 Å². The topological polar surface area (TPSA) is 57.0 Å². The Morgan fingerprint density at radius 2 is 2.14 bits per heavy atom. The van der Waals surface area contributed by atoms with Gasteiger partial charge in [0.2, 0.25) is 0 Å². The average Bonchev–Trinajstić information content (AvgIpc) is 2.83. The summed E-state index contributed by atoms with van der Waals surface area (Å²) in [5, 5.41) is 3.61. The number of halogens is 5. The number of pyridine rings is 1. The summed E-state index contributed by atoms with van der Waals surface area (Å²) in [6.07, 6.45) is -3.96. The van der Waals surface area contributed by atoms with E-state index >= 15 is 0 Å². The molecule has 0 fully saturated rings. The van der Waals surface area contributed by atoms with Crippen molar-refractivity contribution < 1.29 is 22.7 Å². The molecule has 0 spiro atoms. The lowest BCUT2D eigenvalue weighted by Gasteiger charge is -2.11. The van der Waals surface area contributed by atoms with Gasteiger partial charge in [0.15, 0.2) is 11.5 Å². The van der Waals surface area contributed by atoms with Crippen molar-refractivity contribution >= 4 is 44.5 Å². The molecule has 0 aliphatic carbocycles. The van der Waals surface area contributed by atoms with Crippen molar-refractivity contribution in [2.45, 2.75) is 6.18 Å². The molecule has 0 unspecified atom stereocenters. The first-order valence-corrected chi connectivity index (χ1v) is 7.67. The Bertz CT molecular complexity index is 675. The minimum Gasteiger partial charge on any atom is -0.451 e. The van der Waals surface area contributed by atoms with Crippen molar-refractivity contribution in [3.8, 4) is 5.82 Å². The van der Waals surface area contributed by atoms with Gasteiger partial charge in [-0.2, -0.15) is 18.3 Å². The van der Waals surface area contributed by atoms with Gasteiger partial charge in [-0.1, -0.05) is 6.07 Å². The minimum atomic E-state index is -4.78. The standard InChI is InChI=1S/C11H6BrF3IN3O2/c12-7-2-1-3-8(18-7)19-9(11(13,14)15)6(4-17-19)10(20)21-5-16/h1-4H,5H2. The monoisotopic (exact) mass is 475 g/mol. The van der Waals surface area contributed by atoms with Crippen molar-refractivity contribution in [2.24, 2.45) is 0 Å². The third-order valence-corrected chi connectivity index (χ3v) is 3.11. The van der Waals surface area contributed by atoms with Crippen LogP contribution in [0, 0.1) is 0 Å². The summed E-state index contributed by atoms with van der Waals surface area (Å²) < 4.78 is 45.1. The van der Waals surface area contributed by atoms with Crippen LogP contribution in [0.2, 0.25) is 0 Å². The van der Waals surface area contributed by atoms with Crippen molar-refractivity contribution in [3.63, 3.8) is 0 Å². The van der Waals surface area contributed by atoms with E-state index in [0.717, 1.165) is 6.20 Å². The molecule has 0 aliphatic rings. The number of alkyl halides is 4. The normalized spacial score (nSPS) is 11.5. The zero-order chi connectivity index (χ0) is 15.6. The lowest BCUT2D eigenvalue weighted by molar-refractivity contribution is -0.143. The Labute approximate surface area is 138 Å². The highest BCUT2D eigenvalue weighted by atomic mass is 127. The number of rotatable bonds is 3. The number of ether oxygens (including phenoxy) is 1. The maximum absolute atomic E-state index is 13.2. The van der Waals surface area contributed by atoms with E-state index in [1.165, 1.54) is 12.1 Å². The molecule has 0 aliphatic heterocycles. The molecule has 0 saturated heterocycles. The molecule has 0 saturated carbocycles. The molecule has 2 aromatic heterocycles. The first kappa shape index (κ1) is 16.2. The molecule has 0 amide bonds. The summed E-state index contributed by atoms with van der Waals surface area (Å²) in [5.41, 5.74) is -1.87. The fourth-order valence-corrected chi connectivity index (χ4v) is 2.20. The summed E-state index contributed by atoms with van der Waals surface area (Å²) in [4.78, 5) is 15.5. The number of carbonyl (C=O) groups excluding carboxylic acids is 1. The Morgan fingerprint density at radius 1 is 1.43 bits per heavy atom. The predicted octanol–water partition coefficient (Wildman–Crippen LogP) is 3.60. The van der Waals surface area contributed by atoms with Gasteiger partial charge in [-0.05, 0) is 50.7 Å². The van der Waals surface area contributed by atoms with Crippen LogP contribution in [0.4, 0.5) is 13.2 Å². The molecule has 10 heteroatoms. The Morgan fingerprint density at radius 3 is 2.71 bits per heavy atom. The van der Waals surface area contributed by atoms with Crippen molar-refractivity contribution in [3.05, 3.63) is 40.3 Å². The number of esters is 1. The first-order chi connectivity index (χ1) is 9.84. The molecular weight excluding hydrogens is 470 g/mol. The van der Waals surface area contributed by atoms with Gasteiger partial charge in [-0.25, -0.2) is 14.5 Å². The Balaban J connectivity index is 2.60. The molecule has 0 N–H and O–H groups in total. The van der Waals surface area contributed by atoms with Gasteiger partial charge in [0.05, 0.1) is 6.20 Å². The van der Waals surface area contributed by atoms with Crippen LogP contribution in [0.5, 0.6) is 0 Å². The fourth-order valence-electron chi connectivity index (χ4n) is 1.59. The Kier molecular flexibility index (Phi) is 4.86. The van der Waals surface area contributed by atoms with E-state index in [9.17, 15) is 18.0 Å². The predicted molar refractivity (Wildman–Crippen MR) is 78.4 cm³/mol. The molecule has 0 aromatic carbocycles. The largest absolute Gasteiger partial charge is 0.451 e. The first-order valence-electron chi connectivity index (χ1n) is 5.36. The third-order valence-electron chi connectivity index (χ3n) is 2.36. The molecule has 21 heavy (non-hydrogen) atoms. The minimum absolute atomic E-state index is 0.0613. The van der Waals surface area contributed by atoms with Crippen LogP contribution in [-0.2, 0) is 10.9 Å². The summed E-state index contributed by atoms with van der Waals surface area (Å²) in [5.74, 6) is -1.15. The quantitative estimate of drug-likeness (QED) is 0.294. The molecule has 0 radical (unpaired) electrons. The van der Waals surface area contributed by atoms with Gasteiger partial charge >= 0.3 is 12.1 Å². The van der Waals surface area contributed by atoms with Crippen molar-refractivity contribution in [1.82, 2.24) is 14.8 Å². The second-order valence-corrected chi connectivity index (χ2v) is 5.11. The van der Waals surface area contributed by atoms with Gasteiger partial charge in [0, 0.05) is 0 Å². The van der Waals surface area contributed by atoms with E-state index in [1.54, 1.807) is 28.7 Å². The summed E-state index contributed by atoms with van der Waals surface area (Å²) in [6.45, 7) is 0. The molecule has 0 atom stereocenters. The Hall–Kier alpha value is -1.17. The SMILES string of the molecule is O=C(OCI)c1cnn(-c2cccc(Br)n2)c1C(F)(F)F. The number of hydrogen-bond donors (Lipinski definition) is 0. The zero-order valence-corrected chi connectivity index (χ0v) is 13.8. The molecule has 2 heterocycles. The van der Waals surface area contributed by atoms with Crippen molar-refractivity contribution in [2.75, 3.05) is 4.61 Å². The highest BCUT2D eigenvalue weighted by Crippen LogP contribution is 2.33. The average molecular weight is 476 g/mol. The van der Waals surface area contributed by atoms with E-state index in [0.29, 0.717) is 9.28 Å². The molecule has 2 rings (SSSR count). The molecule has 2 aromatic rings. The van der Waals surface area contributed by atoms with Gasteiger partial charge in [-0.3, -0.25) is 0 Å². The van der Waals surface area contributed by atoms with Crippen LogP contribution in [0.25, 0.3) is 5.82 Å². The molecular formula is C11H6BrF3IN3O2. The highest BCUT2D eigenvalue weighted by molar-refractivity contribution is 14.1. The van der Waals surface area contributed by atoms with Gasteiger partial charge < -0.3 is 4.74 Å². The maximum Gasteiger partial charge on any atom is 0.434 e. The van der Waals surface area contributed by atoms with Crippen LogP contribution < -0.4 is 0 Å². The zero-order valence-electron chi connectivity index (χ0n) is 10.1. The number of nitrogens with zero attached hydrogens (tertiary/aromatic N) is 3. The summed E-state index contributed by atoms with van der Waals surface area (Å²) in [6, 6.07) is 4.42. The van der Waals surface area contributed by atoms with Crippen molar-refractivity contribution in [1.29, 1.82) is 0 Å². The lowest BCUT2D eigenvalue weighted by Crippen LogP contribution is -2.18. The van der Waals surface area contributed by atoms with Crippen LogP contribution in [-0.4, -0.2) is 25.3 Å². The number of aromatic nitrogens is 3. The number of hydrogen-bond acceptors (Lipinski definition) is 4. The maximum atomic E-state index is 13.2.